The Morgan fingerprint density at radius 1 is 1.12 bits per heavy atom. The number of ether oxygens (including phenoxy) is 2. The van der Waals surface area contributed by atoms with Crippen molar-refractivity contribution in [3.63, 3.8) is 0 Å². The minimum atomic E-state index is -0.209. The van der Waals surface area contributed by atoms with Crippen LogP contribution in [0.5, 0.6) is 11.5 Å². The number of carbonyl (C=O) groups is 1. The van der Waals surface area contributed by atoms with E-state index in [1.807, 2.05) is 48.5 Å². The van der Waals surface area contributed by atoms with Crippen molar-refractivity contribution in [1.82, 2.24) is 15.2 Å². The number of hydrogen-bond donors (Lipinski definition) is 2. The van der Waals surface area contributed by atoms with Gasteiger partial charge >= 0.3 is 0 Å². The van der Waals surface area contributed by atoms with Crippen LogP contribution in [0.2, 0.25) is 0 Å². The summed E-state index contributed by atoms with van der Waals surface area (Å²) in [6.07, 6.45) is 0.204. The van der Waals surface area contributed by atoms with Crippen molar-refractivity contribution in [2.24, 2.45) is 0 Å². The number of rotatable bonds is 6. The molecule has 25 heavy (non-hydrogen) atoms. The van der Waals surface area contributed by atoms with Crippen LogP contribution in [0.4, 0.5) is 5.95 Å². The van der Waals surface area contributed by atoms with Gasteiger partial charge in [-0.05, 0) is 29.8 Å². The molecule has 0 spiro atoms. The highest BCUT2D eigenvalue weighted by atomic mass is 16.5. The van der Waals surface area contributed by atoms with Gasteiger partial charge in [0.25, 0.3) is 0 Å². The maximum atomic E-state index is 12.2. The standard InChI is InChI=1S/C18H18N4O3/c1-24-13-7-5-6-12(10-13)11-16(23)19-18-20-17(21-22-18)14-8-3-4-9-15(14)25-2/h3-10H,11H2,1-2H3,(H2,19,20,21,22,23). The number of para-hydroxylation sites is 1. The monoisotopic (exact) mass is 338 g/mol. The SMILES string of the molecule is COc1cccc(CC(=O)Nc2n[nH]c(-c3ccccc3OC)n2)c1. The Balaban J connectivity index is 1.69. The average molecular weight is 338 g/mol. The van der Waals surface area contributed by atoms with Crippen LogP contribution in [0.15, 0.2) is 48.5 Å². The molecular formula is C18H18N4O3. The van der Waals surface area contributed by atoms with Gasteiger partial charge in [0.05, 0.1) is 26.2 Å². The largest absolute Gasteiger partial charge is 0.497 e. The fraction of sp³-hybridized carbons (Fsp3) is 0.167. The first-order chi connectivity index (χ1) is 12.2. The van der Waals surface area contributed by atoms with Crippen molar-refractivity contribution < 1.29 is 14.3 Å². The Kier molecular flexibility index (Phi) is 4.94. The maximum Gasteiger partial charge on any atom is 0.249 e. The summed E-state index contributed by atoms with van der Waals surface area (Å²) in [7, 11) is 3.18. The van der Waals surface area contributed by atoms with Gasteiger partial charge in [-0.2, -0.15) is 4.98 Å². The van der Waals surface area contributed by atoms with E-state index in [0.717, 1.165) is 11.1 Å². The van der Waals surface area contributed by atoms with Crippen LogP contribution in [0, 0.1) is 0 Å². The van der Waals surface area contributed by atoms with E-state index in [-0.39, 0.29) is 18.3 Å². The number of anilines is 1. The Morgan fingerprint density at radius 2 is 1.96 bits per heavy atom. The number of nitrogens with one attached hydrogen (secondary N) is 2. The van der Waals surface area contributed by atoms with Gasteiger partial charge in [0.1, 0.15) is 11.5 Å². The number of amides is 1. The van der Waals surface area contributed by atoms with Gasteiger partial charge in [-0.1, -0.05) is 24.3 Å². The third-order valence-corrected chi connectivity index (χ3v) is 3.60. The summed E-state index contributed by atoms with van der Waals surface area (Å²) in [5.41, 5.74) is 1.61. The van der Waals surface area contributed by atoms with Crippen LogP contribution in [-0.2, 0) is 11.2 Å². The predicted octanol–water partition coefficient (Wildman–Crippen LogP) is 2.67. The summed E-state index contributed by atoms with van der Waals surface area (Å²) in [6, 6.07) is 14.8. The molecule has 0 atom stereocenters. The lowest BCUT2D eigenvalue weighted by atomic mass is 10.1. The highest BCUT2D eigenvalue weighted by Crippen LogP contribution is 2.27. The number of aromatic amines is 1. The van der Waals surface area contributed by atoms with Crippen molar-refractivity contribution in [3.8, 4) is 22.9 Å². The van der Waals surface area contributed by atoms with E-state index in [0.29, 0.717) is 17.3 Å². The van der Waals surface area contributed by atoms with E-state index in [1.54, 1.807) is 14.2 Å². The first-order valence-corrected chi connectivity index (χ1v) is 7.68. The molecule has 3 aromatic rings. The second-order valence-corrected chi connectivity index (χ2v) is 5.28. The Hall–Kier alpha value is -3.35. The van der Waals surface area contributed by atoms with Gasteiger partial charge in [-0.3, -0.25) is 15.2 Å². The topological polar surface area (TPSA) is 89.1 Å². The average Bonchev–Trinajstić information content (AvgIpc) is 3.09. The molecule has 7 heteroatoms. The van der Waals surface area contributed by atoms with E-state index in [9.17, 15) is 4.79 Å². The number of methoxy groups -OCH3 is 2. The number of benzene rings is 2. The molecule has 1 aromatic heterocycles. The first-order valence-electron chi connectivity index (χ1n) is 7.68. The minimum Gasteiger partial charge on any atom is -0.497 e. The molecule has 0 aliphatic carbocycles. The molecule has 0 fully saturated rings. The van der Waals surface area contributed by atoms with Gasteiger partial charge in [0.2, 0.25) is 11.9 Å². The molecule has 0 bridgehead atoms. The molecule has 7 nitrogen and oxygen atoms in total. The second kappa shape index (κ2) is 7.48. The predicted molar refractivity (Wildman–Crippen MR) is 93.7 cm³/mol. The Morgan fingerprint density at radius 3 is 2.76 bits per heavy atom. The lowest BCUT2D eigenvalue weighted by Crippen LogP contribution is -2.15. The fourth-order valence-corrected chi connectivity index (χ4v) is 2.42. The molecule has 1 heterocycles. The zero-order chi connectivity index (χ0) is 17.6. The molecule has 2 aromatic carbocycles. The van der Waals surface area contributed by atoms with Crippen molar-refractivity contribution in [1.29, 1.82) is 0 Å². The Bertz CT molecular complexity index is 876. The molecule has 3 rings (SSSR count). The number of hydrogen-bond acceptors (Lipinski definition) is 5. The van der Waals surface area contributed by atoms with Crippen LogP contribution >= 0.6 is 0 Å². The molecule has 2 N–H and O–H groups in total. The number of aromatic nitrogens is 3. The van der Waals surface area contributed by atoms with Crippen LogP contribution < -0.4 is 14.8 Å². The number of nitrogens with zero attached hydrogens (tertiary/aromatic N) is 2. The van der Waals surface area contributed by atoms with Crippen molar-refractivity contribution in [2.75, 3.05) is 19.5 Å². The van der Waals surface area contributed by atoms with Crippen molar-refractivity contribution in [2.45, 2.75) is 6.42 Å². The lowest BCUT2D eigenvalue weighted by Gasteiger charge is -2.05. The molecule has 0 radical (unpaired) electrons. The summed E-state index contributed by atoms with van der Waals surface area (Å²) in [6.45, 7) is 0. The number of H-pyrrole nitrogens is 1. The molecule has 0 aliphatic rings. The van der Waals surface area contributed by atoms with Crippen LogP contribution in [0.3, 0.4) is 0 Å². The van der Waals surface area contributed by atoms with E-state index in [2.05, 4.69) is 20.5 Å². The Labute approximate surface area is 145 Å². The fourth-order valence-electron chi connectivity index (χ4n) is 2.42. The highest BCUT2D eigenvalue weighted by molar-refractivity contribution is 5.90. The summed E-state index contributed by atoms with van der Waals surface area (Å²) in [5.74, 6) is 1.91. The lowest BCUT2D eigenvalue weighted by molar-refractivity contribution is -0.115. The summed E-state index contributed by atoms with van der Waals surface area (Å²) >= 11 is 0. The van der Waals surface area contributed by atoms with E-state index < -0.39 is 0 Å². The summed E-state index contributed by atoms with van der Waals surface area (Å²) in [4.78, 5) is 16.5. The molecular weight excluding hydrogens is 320 g/mol. The van der Waals surface area contributed by atoms with Crippen LogP contribution in [0.1, 0.15) is 5.56 Å². The third-order valence-electron chi connectivity index (χ3n) is 3.60. The second-order valence-electron chi connectivity index (χ2n) is 5.28. The van der Waals surface area contributed by atoms with Crippen molar-refractivity contribution in [3.05, 3.63) is 54.1 Å². The van der Waals surface area contributed by atoms with Crippen LogP contribution in [0.25, 0.3) is 11.4 Å². The van der Waals surface area contributed by atoms with Crippen LogP contribution in [-0.4, -0.2) is 35.3 Å². The molecule has 128 valence electrons. The molecule has 0 aliphatic heterocycles. The summed E-state index contributed by atoms with van der Waals surface area (Å²) < 4.78 is 10.5. The molecule has 0 saturated heterocycles. The third kappa shape index (κ3) is 3.95. The van der Waals surface area contributed by atoms with Crippen molar-refractivity contribution >= 4 is 11.9 Å². The normalized spacial score (nSPS) is 10.3. The van der Waals surface area contributed by atoms with E-state index >= 15 is 0 Å². The maximum absolute atomic E-state index is 12.2. The zero-order valence-corrected chi connectivity index (χ0v) is 13.9. The molecule has 0 saturated carbocycles. The van der Waals surface area contributed by atoms with E-state index in [4.69, 9.17) is 9.47 Å². The zero-order valence-electron chi connectivity index (χ0n) is 13.9. The van der Waals surface area contributed by atoms with E-state index in [1.165, 1.54) is 0 Å². The quantitative estimate of drug-likeness (QED) is 0.721. The summed E-state index contributed by atoms with van der Waals surface area (Å²) in [5, 5.41) is 9.52. The van der Waals surface area contributed by atoms with Gasteiger partial charge in [0.15, 0.2) is 5.82 Å². The number of carbonyl (C=O) groups excluding carboxylic acids is 1. The minimum absolute atomic E-state index is 0.204. The van der Waals surface area contributed by atoms with Gasteiger partial charge in [0, 0.05) is 0 Å². The molecule has 1 amide bonds. The highest BCUT2D eigenvalue weighted by Gasteiger charge is 2.12. The van der Waals surface area contributed by atoms with Gasteiger partial charge in [-0.15, -0.1) is 5.10 Å². The van der Waals surface area contributed by atoms with Gasteiger partial charge < -0.3 is 9.47 Å². The first kappa shape index (κ1) is 16.5. The van der Waals surface area contributed by atoms with Gasteiger partial charge in [-0.25, -0.2) is 0 Å². The molecule has 0 unspecified atom stereocenters. The smallest absolute Gasteiger partial charge is 0.249 e.